The molecule has 1 unspecified atom stereocenters. The van der Waals surface area contributed by atoms with E-state index in [2.05, 4.69) is 84.6 Å². The van der Waals surface area contributed by atoms with Crippen molar-refractivity contribution >= 4 is 0 Å². The van der Waals surface area contributed by atoms with Crippen molar-refractivity contribution < 1.29 is 14.2 Å². The van der Waals surface area contributed by atoms with Crippen LogP contribution in [0.2, 0.25) is 0 Å². The molecule has 42 heavy (non-hydrogen) atoms. The second-order valence-corrected chi connectivity index (χ2v) is 14.3. The Balaban J connectivity index is 1.22. The van der Waals surface area contributed by atoms with Gasteiger partial charge in [-0.1, -0.05) is 73.7 Å². The average Bonchev–Trinajstić information content (AvgIpc) is 3.78. The van der Waals surface area contributed by atoms with Crippen LogP contribution in [-0.2, 0) is 28.6 Å². The molecule has 9 rings (SSSR count). The third-order valence-electron chi connectivity index (χ3n) is 12.9. The maximum Gasteiger partial charge on any atom is 0.165 e. The van der Waals surface area contributed by atoms with Crippen LogP contribution in [0.25, 0.3) is 0 Å². The fourth-order valence-corrected chi connectivity index (χ4v) is 11.0. The molecule has 0 radical (unpaired) electrons. The van der Waals surface area contributed by atoms with Crippen LogP contribution in [0, 0.1) is 17.3 Å². The average molecular weight is 562 g/mol. The monoisotopic (exact) mass is 561 g/mol. The van der Waals surface area contributed by atoms with Gasteiger partial charge >= 0.3 is 0 Å². The molecule has 0 aromatic heterocycles. The van der Waals surface area contributed by atoms with Crippen molar-refractivity contribution in [2.75, 3.05) is 20.2 Å². The van der Waals surface area contributed by atoms with Gasteiger partial charge in [0.1, 0.15) is 6.10 Å². The van der Waals surface area contributed by atoms with Crippen LogP contribution in [0.15, 0.2) is 72.8 Å². The summed E-state index contributed by atoms with van der Waals surface area (Å²) in [5, 5.41) is 0. The summed E-state index contributed by atoms with van der Waals surface area (Å²) in [6.45, 7) is 5.62. The topological polar surface area (TPSA) is 30.9 Å². The molecule has 4 heteroatoms. The molecule has 4 nitrogen and oxygen atoms in total. The molecule has 0 amide bonds. The van der Waals surface area contributed by atoms with Gasteiger partial charge in [-0.25, -0.2) is 0 Å². The highest BCUT2D eigenvalue weighted by Gasteiger charge is 2.80. The molecular formula is C38H43NO3. The van der Waals surface area contributed by atoms with Crippen LogP contribution in [0.1, 0.15) is 67.7 Å². The first-order valence-corrected chi connectivity index (χ1v) is 16.5. The molecule has 218 valence electrons. The largest absolute Gasteiger partial charge is 0.493 e. The lowest BCUT2D eigenvalue weighted by Crippen LogP contribution is -2.80. The molecule has 2 aliphatic heterocycles. The smallest absolute Gasteiger partial charge is 0.165 e. The Morgan fingerprint density at radius 2 is 1.74 bits per heavy atom. The van der Waals surface area contributed by atoms with E-state index in [1.165, 1.54) is 67.4 Å². The van der Waals surface area contributed by atoms with Gasteiger partial charge in [0, 0.05) is 29.0 Å². The quantitative estimate of drug-likeness (QED) is 0.294. The van der Waals surface area contributed by atoms with Crippen LogP contribution < -0.4 is 9.47 Å². The van der Waals surface area contributed by atoms with E-state index >= 15 is 0 Å². The SMILES string of the molecule is CC[C@]12C[C@@H]3C(OCc4ccccc4)C[C@]3(c3ccccc3)[C@@H]3Oc4c(OC)ccc5c4[C@@]31CCN(CC1CC1)[C@@H]2C5. The zero-order valence-corrected chi connectivity index (χ0v) is 25.1. The minimum atomic E-state index is -0.0663. The molecule has 2 heterocycles. The normalized spacial score (nSPS) is 37.3. The number of fused-ring (bicyclic) bond motifs is 2. The Hall–Kier alpha value is -2.82. The van der Waals surface area contributed by atoms with Gasteiger partial charge in [-0.05, 0) is 91.5 Å². The van der Waals surface area contributed by atoms with E-state index in [1.54, 1.807) is 0 Å². The second-order valence-electron chi connectivity index (χ2n) is 14.3. The second kappa shape index (κ2) is 9.09. The van der Waals surface area contributed by atoms with Crippen molar-refractivity contribution in [2.24, 2.45) is 17.3 Å². The number of hydrogen-bond acceptors (Lipinski definition) is 4. The lowest BCUT2D eigenvalue weighted by Gasteiger charge is -2.74. The molecule has 3 saturated carbocycles. The number of methoxy groups -OCH3 is 1. The fraction of sp³-hybridized carbons (Fsp3) is 0.526. The predicted octanol–water partition coefficient (Wildman–Crippen LogP) is 7.08. The highest BCUT2D eigenvalue weighted by molar-refractivity contribution is 5.64. The predicted molar refractivity (Wildman–Crippen MR) is 164 cm³/mol. The van der Waals surface area contributed by atoms with Gasteiger partial charge in [0.2, 0.25) is 0 Å². The van der Waals surface area contributed by atoms with E-state index in [9.17, 15) is 0 Å². The maximum atomic E-state index is 7.46. The number of likely N-dealkylation sites (tertiary alicyclic amines) is 1. The first-order chi connectivity index (χ1) is 20.6. The van der Waals surface area contributed by atoms with Gasteiger partial charge in [-0.2, -0.15) is 0 Å². The molecule has 1 spiro atoms. The maximum absolute atomic E-state index is 7.46. The van der Waals surface area contributed by atoms with E-state index < -0.39 is 0 Å². The molecule has 7 atom stereocenters. The highest BCUT2D eigenvalue weighted by atomic mass is 16.5. The summed E-state index contributed by atoms with van der Waals surface area (Å²) >= 11 is 0. The van der Waals surface area contributed by atoms with E-state index in [1.807, 2.05) is 7.11 Å². The Labute approximate surface area is 250 Å². The minimum absolute atomic E-state index is 0.000660. The minimum Gasteiger partial charge on any atom is -0.493 e. The number of ether oxygens (including phenoxy) is 3. The third kappa shape index (κ3) is 3.16. The van der Waals surface area contributed by atoms with Gasteiger partial charge in [0.25, 0.3) is 0 Å². The number of benzene rings is 3. The van der Waals surface area contributed by atoms with E-state index in [0.717, 1.165) is 30.3 Å². The zero-order chi connectivity index (χ0) is 28.1. The molecule has 3 aromatic rings. The molecule has 0 N–H and O–H groups in total. The van der Waals surface area contributed by atoms with Crippen molar-refractivity contribution in [1.82, 2.24) is 4.90 Å². The van der Waals surface area contributed by atoms with Gasteiger partial charge in [-0.15, -0.1) is 0 Å². The van der Waals surface area contributed by atoms with Crippen LogP contribution in [0.4, 0.5) is 0 Å². The fourth-order valence-electron chi connectivity index (χ4n) is 11.0. The number of piperidine rings is 1. The molecule has 3 aromatic carbocycles. The van der Waals surface area contributed by atoms with Crippen LogP contribution in [0.5, 0.6) is 11.5 Å². The standard InChI is InChI=1S/C38H43NO3/c1-3-36-21-29-31(41-24-26-10-6-4-7-11-26)22-37(29,28-12-8-5-9-13-28)35-38(36)18-19-39(23-25-14-15-25)32(36)20-27-16-17-30(40-2)34(42-35)33(27)38/h4-13,16-17,25,29,31-32,35H,3,14-15,18-24H2,1-2H3/t29-,31?,32-,35+,36-,37-,38+/m1/s1. The Morgan fingerprint density at radius 3 is 2.48 bits per heavy atom. The lowest BCUT2D eigenvalue weighted by molar-refractivity contribution is -0.244. The van der Waals surface area contributed by atoms with Crippen LogP contribution in [0.3, 0.4) is 0 Å². The molecule has 6 aliphatic rings. The summed E-state index contributed by atoms with van der Waals surface area (Å²) in [5.74, 6) is 3.29. The molecular weight excluding hydrogens is 518 g/mol. The van der Waals surface area contributed by atoms with Gasteiger partial charge in [0.15, 0.2) is 11.5 Å². The summed E-state index contributed by atoms with van der Waals surface area (Å²) in [5.41, 5.74) is 5.82. The van der Waals surface area contributed by atoms with E-state index in [-0.39, 0.29) is 28.5 Å². The number of nitrogens with zero attached hydrogens (tertiary/aromatic N) is 1. The zero-order valence-electron chi connectivity index (χ0n) is 25.1. The number of hydrogen-bond donors (Lipinski definition) is 0. The van der Waals surface area contributed by atoms with Crippen molar-refractivity contribution in [3.63, 3.8) is 0 Å². The highest BCUT2D eigenvalue weighted by Crippen LogP contribution is 2.77. The molecule has 4 aliphatic carbocycles. The van der Waals surface area contributed by atoms with Crippen LogP contribution >= 0.6 is 0 Å². The third-order valence-corrected chi connectivity index (χ3v) is 12.9. The number of rotatable bonds is 8. The summed E-state index contributed by atoms with van der Waals surface area (Å²) < 4.78 is 20.4. The molecule has 4 fully saturated rings. The summed E-state index contributed by atoms with van der Waals surface area (Å²) in [7, 11) is 1.81. The van der Waals surface area contributed by atoms with Gasteiger partial charge in [0.05, 0.1) is 19.8 Å². The first-order valence-electron chi connectivity index (χ1n) is 16.5. The van der Waals surface area contributed by atoms with E-state index in [4.69, 9.17) is 14.2 Å². The van der Waals surface area contributed by atoms with Gasteiger partial charge in [-0.3, -0.25) is 4.90 Å². The van der Waals surface area contributed by atoms with Crippen LogP contribution in [-0.4, -0.2) is 43.3 Å². The molecule has 1 saturated heterocycles. The Bertz CT molecular complexity index is 1500. The molecule has 2 bridgehead atoms. The van der Waals surface area contributed by atoms with E-state index in [0.29, 0.717) is 18.6 Å². The summed E-state index contributed by atoms with van der Waals surface area (Å²) in [6.07, 6.45) is 8.87. The first kappa shape index (κ1) is 25.7. The Kier molecular flexibility index (Phi) is 5.56. The Morgan fingerprint density at radius 1 is 0.952 bits per heavy atom. The lowest BCUT2D eigenvalue weighted by atomic mass is 9.32. The van der Waals surface area contributed by atoms with Gasteiger partial charge < -0.3 is 14.2 Å². The van der Waals surface area contributed by atoms with Crippen molar-refractivity contribution in [2.45, 2.75) is 87.6 Å². The van der Waals surface area contributed by atoms with Crippen molar-refractivity contribution in [3.8, 4) is 11.5 Å². The van der Waals surface area contributed by atoms with Crippen molar-refractivity contribution in [1.29, 1.82) is 0 Å². The summed E-state index contributed by atoms with van der Waals surface area (Å²) in [6, 6.07) is 27.2. The summed E-state index contributed by atoms with van der Waals surface area (Å²) in [4.78, 5) is 2.93. The van der Waals surface area contributed by atoms with Crippen molar-refractivity contribution in [3.05, 3.63) is 95.1 Å².